The quantitative estimate of drug-likeness (QED) is 0.376. The van der Waals surface area contributed by atoms with Crippen LogP contribution in [0.4, 0.5) is 0 Å². The van der Waals surface area contributed by atoms with Crippen LogP contribution in [0.25, 0.3) is 0 Å². The third-order valence-corrected chi connectivity index (χ3v) is 1.85. The van der Waals surface area contributed by atoms with E-state index in [9.17, 15) is 9.67 Å². The van der Waals surface area contributed by atoms with Crippen molar-refractivity contribution in [1.29, 1.82) is 0 Å². The number of rotatable bonds is 3. The van der Waals surface area contributed by atoms with E-state index in [0.717, 1.165) is 0 Å². The van der Waals surface area contributed by atoms with Crippen LogP contribution in [0, 0.1) is 0 Å². The highest BCUT2D eigenvalue weighted by molar-refractivity contribution is 7.52. The fourth-order valence-electron chi connectivity index (χ4n) is 0.314. The van der Waals surface area contributed by atoms with Crippen LogP contribution < -0.4 is 0 Å². The summed E-state index contributed by atoms with van der Waals surface area (Å²) < 4.78 is 10.0. The lowest BCUT2D eigenvalue weighted by Gasteiger charge is -2.13. The van der Waals surface area contributed by atoms with Crippen LogP contribution in [0.15, 0.2) is 0 Å². The minimum absolute atomic E-state index is 0.945. The lowest BCUT2D eigenvalue weighted by molar-refractivity contribution is -0.0183. The second-order valence-corrected chi connectivity index (χ2v) is 3.42. The fourth-order valence-corrected chi connectivity index (χ4v) is 0.857. The molecule has 1 radical (unpaired) electrons. The summed E-state index contributed by atoms with van der Waals surface area (Å²) in [7, 11) is -4.79. The lowest BCUT2D eigenvalue weighted by Crippen LogP contribution is -2.27. The van der Waals surface area contributed by atoms with Gasteiger partial charge in [-0.05, 0) is 0 Å². The average molecular weight is 171 g/mol. The third kappa shape index (κ3) is 2.74. The molecule has 0 fully saturated rings. The molecule has 0 heterocycles. The standard InChI is InChI=1S/C3H8O6P/c4-1-2(5)3(6)10(7,8)9/h2-5H,1H2,(H2,7,8,9). The Balaban J connectivity index is 4.08. The molecule has 0 rings (SSSR count). The van der Waals surface area contributed by atoms with E-state index in [-0.39, 0.29) is 0 Å². The molecule has 7 heteroatoms. The van der Waals surface area contributed by atoms with Gasteiger partial charge in [0.1, 0.15) is 6.10 Å². The zero-order valence-corrected chi connectivity index (χ0v) is 5.81. The van der Waals surface area contributed by atoms with Gasteiger partial charge in [-0.3, -0.25) is 4.57 Å². The van der Waals surface area contributed by atoms with E-state index in [1.165, 1.54) is 0 Å². The van der Waals surface area contributed by atoms with Gasteiger partial charge in [-0.25, -0.2) is 5.11 Å². The van der Waals surface area contributed by atoms with Gasteiger partial charge < -0.3 is 20.0 Å². The maximum absolute atomic E-state index is 10.3. The topological polar surface area (TPSA) is 118 Å². The van der Waals surface area contributed by atoms with E-state index < -0.39 is 26.2 Å². The first-order valence-corrected chi connectivity index (χ1v) is 4.07. The molecule has 0 aromatic rings. The average Bonchev–Trinajstić information content (AvgIpc) is 1.83. The van der Waals surface area contributed by atoms with E-state index in [1.807, 2.05) is 0 Å². The number of hydrogen-bond acceptors (Lipinski definition) is 3. The van der Waals surface area contributed by atoms with Crippen LogP contribution >= 0.6 is 7.60 Å². The van der Waals surface area contributed by atoms with Crippen molar-refractivity contribution in [2.75, 3.05) is 6.61 Å². The molecule has 0 saturated carbocycles. The number of aliphatic hydroxyl groups excluding tert-OH is 2. The molecule has 6 nitrogen and oxygen atoms in total. The highest BCUT2D eigenvalue weighted by Gasteiger charge is 2.34. The van der Waals surface area contributed by atoms with E-state index in [4.69, 9.17) is 20.0 Å². The van der Waals surface area contributed by atoms with Crippen LogP contribution in [0.5, 0.6) is 0 Å². The van der Waals surface area contributed by atoms with E-state index >= 15 is 0 Å². The van der Waals surface area contributed by atoms with Crippen molar-refractivity contribution in [3.63, 3.8) is 0 Å². The highest BCUT2D eigenvalue weighted by atomic mass is 31.2. The summed E-state index contributed by atoms with van der Waals surface area (Å²) >= 11 is 0. The second-order valence-electron chi connectivity index (χ2n) is 1.73. The molecule has 0 bridgehead atoms. The first-order chi connectivity index (χ1) is 4.39. The molecule has 0 amide bonds. The molecule has 10 heavy (non-hydrogen) atoms. The van der Waals surface area contributed by atoms with Gasteiger partial charge in [0.25, 0.3) is 0 Å². The van der Waals surface area contributed by atoms with Gasteiger partial charge in [0.05, 0.1) is 6.61 Å². The molecule has 0 saturated heterocycles. The van der Waals surface area contributed by atoms with Crippen molar-refractivity contribution in [3.05, 3.63) is 0 Å². The smallest absolute Gasteiger partial charge is 0.360 e. The molecular formula is C3H8O6P. The first kappa shape index (κ1) is 10.0. The molecule has 0 aliphatic rings. The molecule has 0 aromatic heterocycles. The normalized spacial score (nSPS) is 18.5. The van der Waals surface area contributed by atoms with Crippen LogP contribution in [-0.2, 0) is 9.67 Å². The van der Waals surface area contributed by atoms with Gasteiger partial charge in [0.15, 0.2) is 0 Å². The summed E-state index contributed by atoms with van der Waals surface area (Å²) in [5.41, 5.74) is 0. The lowest BCUT2D eigenvalue weighted by atomic mass is 10.4. The Kier molecular flexibility index (Phi) is 3.44. The molecule has 0 aromatic carbocycles. The van der Waals surface area contributed by atoms with Gasteiger partial charge in [0, 0.05) is 0 Å². The number of aliphatic hydroxyl groups is 2. The molecule has 4 N–H and O–H groups in total. The predicted molar refractivity (Wildman–Crippen MR) is 29.6 cm³/mol. The molecular weight excluding hydrogens is 163 g/mol. The molecule has 2 atom stereocenters. The van der Waals surface area contributed by atoms with Gasteiger partial charge in [-0.15, -0.1) is 0 Å². The van der Waals surface area contributed by atoms with Crippen molar-refractivity contribution in [1.82, 2.24) is 0 Å². The van der Waals surface area contributed by atoms with Crippen LogP contribution in [0.3, 0.4) is 0 Å². The van der Waals surface area contributed by atoms with Crippen molar-refractivity contribution in [2.45, 2.75) is 11.9 Å². The first-order valence-electron chi connectivity index (χ1n) is 2.39. The van der Waals surface area contributed by atoms with Crippen molar-refractivity contribution in [2.24, 2.45) is 0 Å². The summed E-state index contributed by atoms with van der Waals surface area (Å²) in [5.74, 6) is -2.45. The van der Waals surface area contributed by atoms with Crippen LogP contribution in [-0.4, -0.2) is 38.6 Å². The minimum atomic E-state index is -4.79. The Labute approximate surface area is 56.9 Å². The SMILES string of the molecule is [O]C(C(O)CO)P(=O)(O)O. The summed E-state index contributed by atoms with van der Waals surface area (Å²) in [6, 6.07) is 0. The number of hydrogen-bond donors (Lipinski definition) is 4. The summed E-state index contributed by atoms with van der Waals surface area (Å²) in [6.45, 7) is -0.945. The molecule has 0 aliphatic heterocycles. The second kappa shape index (κ2) is 3.43. The molecule has 0 aliphatic carbocycles. The summed E-state index contributed by atoms with van der Waals surface area (Å²) in [4.78, 5) is 16.2. The maximum Gasteiger partial charge on any atom is 0.360 e. The maximum atomic E-state index is 10.3. The van der Waals surface area contributed by atoms with Crippen LogP contribution in [0.1, 0.15) is 0 Å². The van der Waals surface area contributed by atoms with Crippen molar-refractivity contribution in [3.8, 4) is 0 Å². The van der Waals surface area contributed by atoms with Gasteiger partial charge in [-0.1, -0.05) is 0 Å². The van der Waals surface area contributed by atoms with E-state index in [2.05, 4.69) is 0 Å². The minimum Gasteiger partial charge on any atom is -0.394 e. The zero-order chi connectivity index (χ0) is 8.36. The largest absolute Gasteiger partial charge is 0.394 e. The predicted octanol–water partition coefficient (Wildman–Crippen LogP) is -1.73. The third-order valence-electron chi connectivity index (χ3n) is 0.848. The Morgan fingerprint density at radius 3 is 1.90 bits per heavy atom. The Morgan fingerprint density at radius 2 is 1.80 bits per heavy atom. The van der Waals surface area contributed by atoms with Gasteiger partial charge >= 0.3 is 7.60 Å². The molecule has 0 spiro atoms. The van der Waals surface area contributed by atoms with Crippen molar-refractivity contribution < 1.29 is 29.7 Å². The Hall–Kier alpha value is 0.0300. The van der Waals surface area contributed by atoms with Crippen molar-refractivity contribution >= 4 is 7.60 Å². The fraction of sp³-hybridized carbons (Fsp3) is 1.00. The zero-order valence-electron chi connectivity index (χ0n) is 4.91. The summed E-state index contributed by atoms with van der Waals surface area (Å²) in [5, 5.41) is 26.8. The van der Waals surface area contributed by atoms with Gasteiger partial charge in [0.2, 0.25) is 5.85 Å². The highest BCUT2D eigenvalue weighted by Crippen LogP contribution is 2.41. The van der Waals surface area contributed by atoms with Gasteiger partial charge in [-0.2, -0.15) is 0 Å². The molecule has 61 valence electrons. The van der Waals surface area contributed by atoms with E-state index in [1.54, 1.807) is 0 Å². The Morgan fingerprint density at radius 1 is 1.40 bits per heavy atom. The molecule has 2 unspecified atom stereocenters. The Bertz CT molecular complexity index is 140. The van der Waals surface area contributed by atoms with Crippen LogP contribution in [0.2, 0.25) is 0 Å². The van der Waals surface area contributed by atoms with E-state index in [0.29, 0.717) is 0 Å². The monoisotopic (exact) mass is 171 g/mol. The summed E-state index contributed by atoms with van der Waals surface area (Å²) in [6.07, 6.45) is -1.90.